The SMILES string of the molecule is Nc1n[nH]c(-c2cc(Br)sc2Br)c1-c1cccc(Cl)c1F. The number of benzene rings is 1. The number of anilines is 1. The maximum Gasteiger partial charge on any atom is 0.153 e. The van der Waals surface area contributed by atoms with E-state index in [9.17, 15) is 4.39 Å². The Morgan fingerprint density at radius 3 is 2.71 bits per heavy atom. The fourth-order valence-electron chi connectivity index (χ4n) is 2.03. The number of nitrogens with zero attached hydrogens (tertiary/aromatic N) is 1. The predicted octanol–water partition coefficient (Wildman–Crippen LogP) is 5.70. The molecule has 2 heterocycles. The third-order valence-corrected chi connectivity index (χ3v) is 5.57. The maximum atomic E-state index is 14.3. The topological polar surface area (TPSA) is 54.7 Å². The zero-order valence-electron chi connectivity index (χ0n) is 10.3. The standard InChI is InChI=1S/C13H7Br2ClFN3S/c14-8-4-6(12(15)21-8)11-9(13(18)20-19-11)5-2-1-3-7(16)10(5)17/h1-4H,(H3,18,19,20). The van der Waals surface area contributed by atoms with Gasteiger partial charge in [-0.1, -0.05) is 23.7 Å². The fraction of sp³-hybridized carbons (Fsp3) is 0. The minimum absolute atomic E-state index is 0.0459. The van der Waals surface area contributed by atoms with E-state index in [4.69, 9.17) is 17.3 Å². The quantitative estimate of drug-likeness (QED) is 0.525. The summed E-state index contributed by atoms with van der Waals surface area (Å²) in [6.45, 7) is 0. The van der Waals surface area contributed by atoms with Gasteiger partial charge < -0.3 is 5.73 Å². The summed E-state index contributed by atoms with van der Waals surface area (Å²) in [5.41, 5.74) is 8.22. The molecule has 3 nitrogen and oxygen atoms in total. The van der Waals surface area contributed by atoms with Crippen molar-refractivity contribution in [3.63, 3.8) is 0 Å². The van der Waals surface area contributed by atoms with Crippen molar-refractivity contribution >= 4 is 60.6 Å². The van der Waals surface area contributed by atoms with Crippen molar-refractivity contribution in [3.05, 3.63) is 42.7 Å². The first kappa shape index (κ1) is 15.0. The van der Waals surface area contributed by atoms with Gasteiger partial charge in [0.25, 0.3) is 0 Å². The van der Waals surface area contributed by atoms with Gasteiger partial charge in [0.2, 0.25) is 0 Å². The van der Waals surface area contributed by atoms with Crippen molar-refractivity contribution in [1.29, 1.82) is 0 Å². The molecule has 2 aromatic heterocycles. The first-order valence-electron chi connectivity index (χ1n) is 5.72. The highest BCUT2D eigenvalue weighted by atomic mass is 79.9. The number of thiophene rings is 1. The van der Waals surface area contributed by atoms with Crippen LogP contribution < -0.4 is 5.73 Å². The minimum Gasteiger partial charge on any atom is -0.382 e. The molecule has 0 atom stereocenters. The number of rotatable bonds is 2. The Morgan fingerprint density at radius 2 is 2.05 bits per heavy atom. The van der Waals surface area contributed by atoms with Crippen LogP contribution in [-0.4, -0.2) is 10.2 Å². The van der Waals surface area contributed by atoms with Crippen LogP contribution in [0.5, 0.6) is 0 Å². The van der Waals surface area contributed by atoms with Crippen molar-refractivity contribution in [1.82, 2.24) is 10.2 Å². The van der Waals surface area contributed by atoms with Crippen LogP contribution in [0.4, 0.5) is 10.2 Å². The Morgan fingerprint density at radius 1 is 1.29 bits per heavy atom. The van der Waals surface area contributed by atoms with E-state index in [1.807, 2.05) is 6.07 Å². The number of nitrogens with one attached hydrogen (secondary N) is 1. The number of hydrogen-bond acceptors (Lipinski definition) is 3. The van der Waals surface area contributed by atoms with E-state index < -0.39 is 5.82 Å². The Balaban J connectivity index is 2.27. The summed E-state index contributed by atoms with van der Waals surface area (Å²) in [7, 11) is 0. The van der Waals surface area contributed by atoms with Gasteiger partial charge in [-0.05, 0) is 44.0 Å². The second kappa shape index (κ2) is 5.72. The number of halogens is 4. The van der Waals surface area contributed by atoms with Crippen LogP contribution in [0.2, 0.25) is 5.02 Å². The van der Waals surface area contributed by atoms with Crippen LogP contribution in [0, 0.1) is 5.82 Å². The highest BCUT2D eigenvalue weighted by Crippen LogP contribution is 2.44. The molecule has 1 aromatic carbocycles. The number of H-pyrrole nitrogens is 1. The number of nitrogen functional groups attached to an aromatic ring is 1. The van der Waals surface area contributed by atoms with Gasteiger partial charge in [0.15, 0.2) is 5.82 Å². The molecule has 108 valence electrons. The van der Waals surface area contributed by atoms with Crippen LogP contribution in [-0.2, 0) is 0 Å². The molecule has 0 unspecified atom stereocenters. The third-order valence-electron chi connectivity index (χ3n) is 2.94. The molecule has 3 rings (SSSR count). The Kier molecular flexibility index (Phi) is 4.09. The van der Waals surface area contributed by atoms with Crippen LogP contribution in [0.25, 0.3) is 22.4 Å². The highest BCUT2D eigenvalue weighted by molar-refractivity contribution is 9.12. The molecule has 0 aliphatic carbocycles. The van der Waals surface area contributed by atoms with E-state index in [0.29, 0.717) is 16.8 Å². The van der Waals surface area contributed by atoms with Gasteiger partial charge in [-0.25, -0.2) is 4.39 Å². The normalized spacial score (nSPS) is 11.0. The number of nitrogens with two attached hydrogens (primary N) is 1. The van der Waals surface area contributed by atoms with Gasteiger partial charge in [0, 0.05) is 11.1 Å². The third kappa shape index (κ3) is 2.63. The van der Waals surface area contributed by atoms with Crippen molar-refractivity contribution in [2.24, 2.45) is 0 Å². The minimum atomic E-state index is -0.515. The van der Waals surface area contributed by atoms with Crippen molar-refractivity contribution in [3.8, 4) is 22.4 Å². The van der Waals surface area contributed by atoms with Gasteiger partial charge in [0.05, 0.1) is 23.9 Å². The molecule has 0 saturated heterocycles. The lowest BCUT2D eigenvalue weighted by atomic mass is 10.0. The van der Waals surface area contributed by atoms with Gasteiger partial charge in [-0.3, -0.25) is 5.10 Å². The van der Waals surface area contributed by atoms with Gasteiger partial charge >= 0.3 is 0 Å². The van der Waals surface area contributed by atoms with Crippen molar-refractivity contribution < 1.29 is 4.39 Å². The summed E-state index contributed by atoms with van der Waals surface area (Å²) >= 11 is 14.3. The van der Waals surface area contributed by atoms with Crippen LogP contribution >= 0.6 is 54.8 Å². The molecular weight excluding hydrogens is 444 g/mol. The molecule has 0 fully saturated rings. The molecule has 0 aliphatic rings. The molecule has 3 aromatic rings. The summed E-state index contributed by atoms with van der Waals surface area (Å²) in [4.78, 5) is 0. The van der Waals surface area contributed by atoms with Crippen molar-refractivity contribution in [2.75, 3.05) is 5.73 Å². The molecule has 0 saturated carbocycles. The monoisotopic (exact) mass is 449 g/mol. The van der Waals surface area contributed by atoms with Crippen molar-refractivity contribution in [2.45, 2.75) is 0 Å². The van der Waals surface area contributed by atoms with Gasteiger partial charge in [-0.2, -0.15) is 5.10 Å². The van der Waals surface area contributed by atoms with E-state index >= 15 is 0 Å². The second-order valence-corrected chi connectivity index (χ2v) is 8.35. The van der Waals surface area contributed by atoms with Crippen LogP contribution in [0.1, 0.15) is 0 Å². The molecule has 0 aliphatic heterocycles. The summed E-state index contributed by atoms with van der Waals surface area (Å²) in [6.07, 6.45) is 0. The largest absolute Gasteiger partial charge is 0.382 e. The summed E-state index contributed by atoms with van der Waals surface area (Å²) in [5.74, 6) is -0.292. The molecule has 0 bridgehead atoms. The van der Waals surface area contributed by atoms with Gasteiger partial charge in [-0.15, -0.1) is 11.3 Å². The van der Waals surface area contributed by atoms with E-state index in [1.54, 1.807) is 12.1 Å². The Hall–Kier alpha value is -0.890. The summed E-state index contributed by atoms with van der Waals surface area (Å²) in [6, 6.07) is 6.71. The lowest BCUT2D eigenvalue weighted by Crippen LogP contribution is -1.92. The zero-order valence-corrected chi connectivity index (χ0v) is 15.0. The zero-order chi connectivity index (χ0) is 15.1. The van der Waals surface area contributed by atoms with E-state index in [0.717, 1.165) is 13.1 Å². The molecule has 0 spiro atoms. The van der Waals surface area contributed by atoms with E-state index in [2.05, 4.69) is 42.1 Å². The van der Waals surface area contributed by atoms with E-state index in [1.165, 1.54) is 17.4 Å². The molecule has 0 amide bonds. The molecular formula is C13H7Br2ClFN3S. The lowest BCUT2D eigenvalue weighted by Gasteiger charge is -2.06. The predicted molar refractivity (Wildman–Crippen MR) is 92.1 cm³/mol. The van der Waals surface area contributed by atoms with Crippen LogP contribution in [0.3, 0.4) is 0 Å². The van der Waals surface area contributed by atoms with Gasteiger partial charge in [0.1, 0.15) is 5.82 Å². The fourth-order valence-corrected chi connectivity index (χ4v) is 5.03. The first-order valence-corrected chi connectivity index (χ1v) is 8.50. The lowest BCUT2D eigenvalue weighted by molar-refractivity contribution is 0.632. The Bertz CT molecular complexity index is 831. The second-order valence-electron chi connectivity index (χ2n) is 4.20. The number of aromatic nitrogens is 2. The number of hydrogen-bond donors (Lipinski definition) is 2. The average molecular weight is 452 g/mol. The molecule has 0 radical (unpaired) electrons. The Labute approximate surface area is 145 Å². The smallest absolute Gasteiger partial charge is 0.153 e. The molecule has 21 heavy (non-hydrogen) atoms. The van der Waals surface area contributed by atoms with E-state index in [-0.39, 0.29) is 10.8 Å². The summed E-state index contributed by atoms with van der Waals surface area (Å²) < 4.78 is 16.1. The average Bonchev–Trinajstić information content (AvgIpc) is 2.96. The maximum absolute atomic E-state index is 14.3. The molecule has 3 N–H and O–H groups in total. The van der Waals surface area contributed by atoms with Crippen LogP contribution in [0.15, 0.2) is 31.8 Å². The highest BCUT2D eigenvalue weighted by Gasteiger charge is 2.21. The number of aromatic amines is 1. The molecule has 8 heteroatoms. The first-order chi connectivity index (χ1) is 9.99. The summed E-state index contributed by atoms with van der Waals surface area (Å²) in [5, 5.41) is 6.91.